The Bertz CT molecular complexity index is 1620. The summed E-state index contributed by atoms with van der Waals surface area (Å²) in [6, 6.07) is 21.1. The Morgan fingerprint density at radius 1 is 1.00 bits per heavy atom. The average Bonchev–Trinajstić information content (AvgIpc) is 3.51. The molecule has 0 bridgehead atoms. The Kier molecular flexibility index (Phi) is 4.68. The minimum atomic E-state index is -0.261. The number of hydrogen-bond donors (Lipinski definition) is 0. The van der Waals surface area contributed by atoms with Gasteiger partial charge in [0, 0.05) is 24.7 Å². The highest BCUT2D eigenvalue weighted by atomic mass is 16.3. The van der Waals surface area contributed by atoms with Gasteiger partial charge in [0.1, 0.15) is 11.8 Å². The molecule has 35 heavy (non-hydrogen) atoms. The Balaban J connectivity index is 1.50. The number of aryl methyl sites for hydroxylation is 2. The van der Waals surface area contributed by atoms with Gasteiger partial charge in [0.05, 0.1) is 29.5 Å². The van der Waals surface area contributed by atoms with Gasteiger partial charge >= 0.3 is 0 Å². The third-order valence-corrected chi connectivity index (χ3v) is 8.44. The fourth-order valence-electron chi connectivity index (χ4n) is 6.41. The Morgan fingerprint density at radius 2 is 1.74 bits per heavy atom. The molecule has 178 valence electrons. The summed E-state index contributed by atoms with van der Waals surface area (Å²) in [6.07, 6.45) is 4.78. The van der Waals surface area contributed by atoms with E-state index in [-0.39, 0.29) is 11.7 Å². The number of hydrogen-bond acceptors (Lipinski definition) is 3. The van der Waals surface area contributed by atoms with E-state index >= 15 is 0 Å². The lowest BCUT2D eigenvalue weighted by Gasteiger charge is -2.48. The van der Waals surface area contributed by atoms with Crippen molar-refractivity contribution in [3.8, 4) is 0 Å². The molecule has 6 rings (SSSR count). The summed E-state index contributed by atoms with van der Waals surface area (Å²) >= 11 is 0. The van der Waals surface area contributed by atoms with Crippen LogP contribution in [0.15, 0.2) is 77.5 Å². The lowest BCUT2D eigenvalue weighted by atomic mass is 9.96. The standard InChI is InChI=1S/C30H33N4O/c1-7-34(30(4,5)29-31-24-13-9-10-14-25(24)32(29)6)19-18-33(21(34)3)27-20(2)16-17-23-22-12-8-11-15-26(22)35-28(23)27/h8-19,21H,7H2,1-6H3/q+1/t21-,34?/m1/s1. The van der Waals surface area contributed by atoms with Crippen LogP contribution in [0.1, 0.15) is 39.1 Å². The summed E-state index contributed by atoms with van der Waals surface area (Å²) in [7, 11) is 2.14. The van der Waals surface area contributed by atoms with E-state index < -0.39 is 0 Å². The molecule has 2 atom stereocenters. The molecule has 1 aliphatic heterocycles. The predicted molar refractivity (Wildman–Crippen MR) is 144 cm³/mol. The van der Waals surface area contributed by atoms with E-state index in [9.17, 15) is 0 Å². The molecule has 1 aliphatic rings. The molecule has 3 aromatic carbocycles. The van der Waals surface area contributed by atoms with Crippen molar-refractivity contribution in [1.29, 1.82) is 0 Å². The van der Waals surface area contributed by atoms with Crippen molar-refractivity contribution in [3.63, 3.8) is 0 Å². The van der Waals surface area contributed by atoms with Crippen LogP contribution in [0.2, 0.25) is 0 Å². The van der Waals surface area contributed by atoms with Gasteiger partial charge in [-0.05, 0) is 51.5 Å². The summed E-state index contributed by atoms with van der Waals surface area (Å²) in [4.78, 5) is 7.54. The minimum Gasteiger partial charge on any atom is -0.454 e. The van der Waals surface area contributed by atoms with E-state index in [0.717, 1.165) is 50.0 Å². The molecule has 0 radical (unpaired) electrons. The van der Waals surface area contributed by atoms with Gasteiger partial charge in [-0.25, -0.2) is 4.98 Å². The number of anilines is 1. The van der Waals surface area contributed by atoms with Crippen molar-refractivity contribution >= 4 is 38.7 Å². The molecular formula is C30H33N4O+. The first-order chi connectivity index (χ1) is 16.8. The second kappa shape index (κ2) is 7.46. The third-order valence-electron chi connectivity index (χ3n) is 8.44. The first-order valence-electron chi connectivity index (χ1n) is 12.5. The molecule has 0 saturated heterocycles. The highest BCUT2D eigenvalue weighted by Gasteiger charge is 2.54. The van der Waals surface area contributed by atoms with Gasteiger partial charge in [0.15, 0.2) is 23.1 Å². The normalized spacial score (nSPS) is 20.6. The quantitative estimate of drug-likeness (QED) is 0.263. The number of rotatable bonds is 4. The monoisotopic (exact) mass is 465 g/mol. The number of para-hydroxylation sites is 3. The molecule has 0 spiro atoms. The van der Waals surface area contributed by atoms with Crippen molar-refractivity contribution in [2.24, 2.45) is 7.05 Å². The number of nitrogens with zero attached hydrogens (tertiary/aromatic N) is 4. The van der Waals surface area contributed by atoms with E-state index in [1.165, 1.54) is 11.1 Å². The molecule has 0 aliphatic carbocycles. The summed E-state index contributed by atoms with van der Waals surface area (Å²) in [5, 5.41) is 2.33. The smallest absolute Gasteiger partial charge is 0.171 e. The summed E-state index contributed by atoms with van der Waals surface area (Å²) in [6.45, 7) is 12.4. The minimum absolute atomic E-state index is 0.160. The zero-order valence-corrected chi connectivity index (χ0v) is 21.4. The number of fused-ring (bicyclic) bond motifs is 4. The molecule has 5 heteroatoms. The first-order valence-corrected chi connectivity index (χ1v) is 12.5. The number of quaternary nitrogens is 1. The van der Waals surface area contributed by atoms with Crippen molar-refractivity contribution in [1.82, 2.24) is 9.55 Å². The van der Waals surface area contributed by atoms with Gasteiger partial charge in [-0.15, -0.1) is 0 Å². The molecule has 1 unspecified atom stereocenters. The van der Waals surface area contributed by atoms with Gasteiger partial charge in [-0.2, -0.15) is 0 Å². The van der Waals surface area contributed by atoms with Crippen LogP contribution in [0.3, 0.4) is 0 Å². The lowest BCUT2D eigenvalue weighted by molar-refractivity contribution is -0.949. The first kappa shape index (κ1) is 21.9. The zero-order chi connectivity index (χ0) is 24.5. The molecule has 0 N–H and O–H groups in total. The summed E-state index contributed by atoms with van der Waals surface area (Å²) < 4.78 is 9.48. The molecule has 0 saturated carbocycles. The number of benzene rings is 3. The molecule has 0 fully saturated rings. The maximum atomic E-state index is 6.46. The summed E-state index contributed by atoms with van der Waals surface area (Å²) in [5.74, 6) is 1.09. The average molecular weight is 466 g/mol. The van der Waals surface area contributed by atoms with Gasteiger partial charge in [-0.1, -0.05) is 42.5 Å². The maximum absolute atomic E-state index is 6.46. The molecule has 2 aromatic heterocycles. The Hall–Kier alpha value is -3.57. The van der Waals surface area contributed by atoms with E-state index in [4.69, 9.17) is 9.40 Å². The van der Waals surface area contributed by atoms with E-state index in [0.29, 0.717) is 0 Å². The highest BCUT2D eigenvalue weighted by Crippen LogP contribution is 2.46. The summed E-state index contributed by atoms with van der Waals surface area (Å²) in [5.41, 5.74) is 6.20. The van der Waals surface area contributed by atoms with Crippen LogP contribution in [0, 0.1) is 6.92 Å². The van der Waals surface area contributed by atoms with Crippen LogP contribution in [0.5, 0.6) is 0 Å². The zero-order valence-electron chi connectivity index (χ0n) is 21.4. The Labute approximate surface area is 206 Å². The van der Waals surface area contributed by atoms with Gasteiger partial charge in [-0.3, -0.25) is 9.38 Å². The van der Waals surface area contributed by atoms with Crippen molar-refractivity contribution in [3.05, 3.63) is 84.5 Å². The van der Waals surface area contributed by atoms with Crippen molar-refractivity contribution < 1.29 is 8.90 Å². The Morgan fingerprint density at radius 3 is 2.51 bits per heavy atom. The molecule has 3 heterocycles. The van der Waals surface area contributed by atoms with Crippen LogP contribution < -0.4 is 4.90 Å². The van der Waals surface area contributed by atoms with Crippen molar-refractivity contribution in [2.45, 2.75) is 46.3 Å². The maximum Gasteiger partial charge on any atom is 0.171 e. The van der Waals surface area contributed by atoms with Gasteiger partial charge < -0.3 is 8.98 Å². The lowest BCUT2D eigenvalue weighted by Crippen LogP contribution is -2.62. The van der Waals surface area contributed by atoms with Crippen LogP contribution in [0.4, 0.5) is 5.69 Å². The van der Waals surface area contributed by atoms with Crippen molar-refractivity contribution in [2.75, 3.05) is 11.4 Å². The molecule has 5 nitrogen and oxygen atoms in total. The molecule has 0 amide bonds. The van der Waals surface area contributed by atoms with Crippen LogP contribution >= 0.6 is 0 Å². The fourth-order valence-corrected chi connectivity index (χ4v) is 6.41. The van der Waals surface area contributed by atoms with Crippen LogP contribution in [0.25, 0.3) is 33.0 Å². The molecule has 5 aromatic rings. The highest BCUT2D eigenvalue weighted by molar-refractivity contribution is 6.09. The second-order valence-corrected chi connectivity index (χ2v) is 10.3. The SMILES string of the molecule is CC[N+]1(C(C)(C)c2nc3ccccc3n2C)C=CN(c2c(C)ccc3c2oc2ccccc23)[C@H]1C. The third kappa shape index (κ3) is 2.82. The van der Waals surface area contributed by atoms with Crippen LogP contribution in [-0.4, -0.2) is 26.7 Å². The topological polar surface area (TPSA) is 34.2 Å². The largest absolute Gasteiger partial charge is 0.454 e. The number of aromatic nitrogens is 2. The van der Waals surface area contributed by atoms with Gasteiger partial charge in [0.2, 0.25) is 0 Å². The van der Waals surface area contributed by atoms with Crippen LogP contribution in [-0.2, 0) is 12.6 Å². The van der Waals surface area contributed by atoms with E-state index in [1.54, 1.807) is 0 Å². The van der Waals surface area contributed by atoms with E-state index in [2.05, 4.69) is 118 Å². The second-order valence-electron chi connectivity index (χ2n) is 10.3. The number of imidazole rings is 1. The molecular weight excluding hydrogens is 432 g/mol. The fraction of sp³-hybridized carbons (Fsp3) is 0.300. The van der Waals surface area contributed by atoms with E-state index in [1.807, 2.05) is 6.07 Å². The number of furan rings is 1. The predicted octanol–water partition coefficient (Wildman–Crippen LogP) is 7.19. The van der Waals surface area contributed by atoms with Gasteiger partial charge in [0.25, 0.3) is 0 Å².